The van der Waals surface area contributed by atoms with Crippen LogP contribution < -0.4 is 0 Å². The SMILES string of the molecule is C[C@@H](C(=O)Cc1cc2cc(-c3cnn(C)c3)ccc2cn1)N1CCCC1. The van der Waals surface area contributed by atoms with E-state index in [9.17, 15) is 4.79 Å². The van der Waals surface area contributed by atoms with Crippen molar-refractivity contribution in [1.82, 2.24) is 19.7 Å². The summed E-state index contributed by atoms with van der Waals surface area (Å²) in [6.45, 7) is 4.09. The first-order chi connectivity index (χ1) is 12.6. The number of benzene rings is 1. The quantitative estimate of drug-likeness (QED) is 0.710. The molecule has 1 saturated heterocycles. The molecule has 4 rings (SSSR count). The van der Waals surface area contributed by atoms with Gasteiger partial charge in [-0.05, 0) is 55.9 Å². The van der Waals surface area contributed by atoms with Gasteiger partial charge in [0.05, 0.1) is 18.7 Å². The van der Waals surface area contributed by atoms with E-state index in [0.29, 0.717) is 6.42 Å². The van der Waals surface area contributed by atoms with E-state index < -0.39 is 0 Å². The number of nitrogens with zero attached hydrogens (tertiary/aromatic N) is 4. The number of likely N-dealkylation sites (tertiary alicyclic amines) is 1. The van der Waals surface area contributed by atoms with Crippen LogP contribution in [0, 0.1) is 0 Å². The summed E-state index contributed by atoms with van der Waals surface area (Å²) in [4.78, 5) is 19.4. The Hall–Kier alpha value is -2.53. The number of fused-ring (bicyclic) bond motifs is 1. The second-order valence-corrected chi connectivity index (χ2v) is 7.20. The van der Waals surface area contributed by atoms with E-state index in [2.05, 4.69) is 33.2 Å². The number of pyridine rings is 1. The van der Waals surface area contributed by atoms with Crippen molar-refractivity contribution >= 4 is 16.6 Å². The van der Waals surface area contributed by atoms with Gasteiger partial charge in [-0.1, -0.05) is 12.1 Å². The predicted octanol–water partition coefficient (Wildman–Crippen LogP) is 3.23. The fraction of sp³-hybridized carbons (Fsp3) is 0.381. The monoisotopic (exact) mass is 348 g/mol. The lowest BCUT2D eigenvalue weighted by molar-refractivity contribution is -0.122. The molecular formula is C21H24N4O. The van der Waals surface area contributed by atoms with E-state index in [1.807, 2.05) is 38.6 Å². The minimum absolute atomic E-state index is 0.0169. The van der Waals surface area contributed by atoms with Crippen LogP contribution in [0.1, 0.15) is 25.5 Å². The van der Waals surface area contributed by atoms with Crippen LogP contribution in [0.2, 0.25) is 0 Å². The summed E-state index contributed by atoms with van der Waals surface area (Å²) in [7, 11) is 1.92. The maximum Gasteiger partial charge on any atom is 0.155 e. The number of aryl methyl sites for hydroxylation is 1. The third-order valence-electron chi connectivity index (χ3n) is 5.33. The molecule has 3 aromatic rings. The van der Waals surface area contributed by atoms with Gasteiger partial charge in [0.15, 0.2) is 5.78 Å². The summed E-state index contributed by atoms with van der Waals surface area (Å²) < 4.78 is 1.80. The Labute approximate surface area is 153 Å². The molecule has 0 saturated carbocycles. The maximum absolute atomic E-state index is 12.6. The summed E-state index contributed by atoms with van der Waals surface area (Å²) in [6.07, 6.45) is 8.52. The average Bonchev–Trinajstić information content (AvgIpc) is 3.32. The standard InChI is InChI=1S/C21H24N4O/c1-15(25-7-3-4-8-25)21(26)11-20-10-18-9-16(5-6-17(18)12-22-20)19-13-23-24(2)14-19/h5-6,9-10,12-15H,3-4,7-8,11H2,1-2H3/t15-/m0/s1. The first-order valence-corrected chi connectivity index (χ1v) is 9.24. The average molecular weight is 348 g/mol. The van der Waals surface area contributed by atoms with Gasteiger partial charge in [0, 0.05) is 36.1 Å². The molecule has 5 nitrogen and oxygen atoms in total. The summed E-state index contributed by atoms with van der Waals surface area (Å²) >= 11 is 0. The molecule has 0 spiro atoms. The molecule has 3 heterocycles. The van der Waals surface area contributed by atoms with Gasteiger partial charge in [0.2, 0.25) is 0 Å². The van der Waals surface area contributed by atoms with Gasteiger partial charge in [-0.15, -0.1) is 0 Å². The number of Topliss-reactive ketones (excluding diaryl/α,β-unsaturated/α-hetero) is 1. The maximum atomic E-state index is 12.6. The molecule has 1 aliphatic heterocycles. The molecule has 1 fully saturated rings. The lowest BCUT2D eigenvalue weighted by atomic mass is 10.0. The van der Waals surface area contributed by atoms with Crippen LogP contribution in [0.4, 0.5) is 0 Å². The zero-order valence-corrected chi connectivity index (χ0v) is 15.4. The minimum Gasteiger partial charge on any atom is -0.298 e. The summed E-state index contributed by atoms with van der Waals surface area (Å²) in [5.41, 5.74) is 3.06. The van der Waals surface area contributed by atoms with E-state index in [4.69, 9.17) is 0 Å². The summed E-state index contributed by atoms with van der Waals surface area (Å²) in [6, 6.07) is 8.33. The third kappa shape index (κ3) is 3.40. The number of hydrogen-bond donors (Lipinski definition) is 0. The van der Waals surface area contributed by atoms with Crippen molar-refractivity contribution in [2.45, 2.75) is 32.2 Å². The molecule has 1 atom stereocenters. The van der Waals surface area contributed by atoms with Gasteiger partial charge in [-0.2, -0.15) is 5.10 Å². The van der Waals surface area contributed by atoms with E-state index in [-0.39, 0.29) is 11.8 Å². The first kappa shape index (κ1) is 16.9. The minimum atomic E-state index is -0.0169. The Kier molecular flexibility index (Phi) is 4.55. The zero-order chi connectivity index (χ0) is 18.1. The molecule has 0 unspecified atom stereocenters. The van der Waals surface area contributed by atoms with E-state index >= 15 is 0 Å². The lowest BCUT2D eigenvalue weighted by Crippen LogP contribution is -2.37. The van der Waals surface area contributed by atoms with Gasteiger partial charge in [0.25, 0.3) is 0 Å². The molecule has 2 aromatic heterocycles. The molecule has 0 bridgehead atoms. The second-order valence-electron chi connectivity index (χ2n) is 7.20. The van der Waals surface area contributed by atoms with Crippen molar-refractivity contribution in [3.63, 3.8) is 0 Å². The number of carbonyl (C=O) groups excluding carboxylic acids is 1. The van der Waals surface area contributed by atoms with Gasteiger partial charge < -0.3 is 0 Å². The highest BCUT2D eigenvalue weighted by atomic mass is 16.1. The number of ketones is 1. The fourth-order valence-electron chi connectivity index (χ4n) is 3.69. The molecule has 0 radical (unpaired) electrons. The molecule has 0 amide bonds. The molecule has 0 aliphatic carbocycles. The van der Waals surface area contributed by atoms with Crippen LogP contribution in [-0.4, -0.2) is 44.6 Å². The Balaban J connectivity index is 1.57. The Morgan fingerprint density at radius 2 is 1.92 bits per heavy atom. The number of hydrogen-bond acceptors (Lipinski definition) is 4. The Morgan fingerprint density at radius 1 is 1.12 bits per heavy atom. The highest BCUT2D eigenvalue weighted by Crippen LogP contribution is 2.24. The van der Waals surface area contributed by atoms with Gasteiger partial charge in [-0.25, -0.2) is 0 Å². The highest BCUT2D eigenvalue weighted by Gasteiger charge is 2.24. The lowest BCUT2D eigenvalue weighted by Gasteiger charge is -2.22. The largest absolute Gasteiger partial charge is 0.298 e. The van der Waals surface area contributed by atoms with Gasteiger partial charge >= 0.3 is 0 Å². The van der Waals surface area contributed by atoms with E-state index in [0.717, 1.165) is 40.7 Å². The number of rotatable bonds is 5. The van der Waals surface area contributed by atoms with E-state index in [1.165, 1.54) is 12.8 Å². The molecule has 1 aliphatic rings. The normalized spacial score (nSPS) is 16.2. The molecule has 0 N–H and O–H groups in total. The van der Waals surface area contributed by atoms with Crippen molar-refractivity contribution in [1.29, 1.82) is 0 Å². The topological polar surface area (TPSA) is 51.0 Å². The van der Waals surface area contributed by atoms with E-state index in [1.54, 1.807) is 4.68 Å². The van der Waals surface area contributed by atoms with Crippen LogP contribution in [0.15, 0.2) is 42.9 Å². The molecule has 5 heteroatoms. The Bertz CT molecular complexity index is 940. The Morgan fingerprint density at radius 3 is 2.65 bits per heavy atom. The molecule has 134 valence electrons. The van der Waals surface area contributed by atoms with Crippen molar-refractivity contribution in [2.75, 3.05) is 13.1 Å². The zero-order valence-electron chi connectivity index (χ0n) is 15.4. The summed E-state index contributed by atoms with van der Waals surface area (Å²) in [5.74, 6) is 0.252. The smallest absolute Gasteiger partial charge is 0.155 e. The van der Waals surface area contributed by atoms with Crippen LogP contribution in [0.5, 0.6) is 0 Å². The predicted molar refractivity (Wildman–Crippen MR) is 103 cm³/mol. The third-order valence-corrected chi connectivity index (χ3v) is 5.33. The molecule has 1 aromatic carbocycles. The molecule has 26 heavy (non-hydrogen) atoms. The fourth-order valence-corrected chi connectivity index (χ4v) is 3.69. The molecular weight excluding hydrogens is 324 g/mol. The van der Waals surface area contributed by atoms with Crippen molar-refractivity contribution in [2.24, 2.45) is 7.05 Å². The van der Waals surface area contributed by atoms with Crippen LogP contribution in [0.3, 0.4) is 0 Å². The van der Waals surface area contributed by atoms with Gasteiger partial charge in [0.1, 0.15) is 0 Å². The number of aromatic nitrogens is 3. The summed E-state index contributed by atoms with van der Waals surface area (Å²) in [5, 5.41) is 6.44. The van der Waals surface area contributed by atoms with Crippen LogP contribution in [0.25, 0.3) is 21.9 Å². The van der Waals surface area contributed by atoms with Crippen molar-refractivity contribution in [3.8, 4) is 11.1 Å². The highest BCUT2D eigenvalue weighted by molar-refractivity contribution is 5.89. The first-order valence-electron chi connectivity index (χ1n) is 9.24. The van der Waals surface area contributed by atoms with Crippen LogP contribution >= 0.6 is 0 Å². The second kappa shape index (κ2) is 7.00. The number of carbonyl (C=O) groups is 1. The van der Waals surface area contributed by atoms with Crippen LogP contribution in [-0.2, 0) is 18.3 Å². The van der Waals surface area contributed by atoms with Gasteiger partial charge in [-0.3, -0.25) is 19.4 Å². The van der Waals surface area contributed by atoms with Crippen molar-refractivity contribution < 1.29 is 4.79 Å². The van der Waals surface area contributed by atoms with Crippen molar-refractivity contribution in [3.05, 3.63) is 48.5 Å².